The molecule has 0 aromatic heterocycles. The number of nitrogens with zero attached hydrogens (tertiary/aromatic N) is 1. The normalized spacial score (nSPS) is 36.5. The Hall–Kier alpha value is -1.06. The number of aliphatic imine (C=N–C) groups is 1. The van der Waals surface area contributed by atoms with Crippen LogP contribution < -0.4 is 5.32 Å². The number of rotatable bonds is 2. The molecule has 0 aromatic carbocycles. The maximum Gasteiger partial charge on any atom is 0.408 e. The monoisotopic (exact) mass is 224 g/mol. The van der Waals surface area contributed by atoms with Crippen molar-refractivity contribution in [2.45, 2.75) is 51.2 Å². The van der Waals surface area contributed by atoms with E-state index in [1.54, 1.807) is 7.05 Å². The lowest BCUT2D eigenvalue weighted by atomic mass is 9.40. The van der Waals surface area contributed by atoms with Gasteiger partial charge in [0, 0.05) is 24.2 Å². The first kappa shape index (κ1) is 11.4. The first-order valence-electron chi connectivity index (χ1n) is 5.73. The maximum atomic E-state index is 11.6. The minimum Gasteiger partial charge on any atom is -0.444 e. The number of alkyl carbamates (subject to hydrolysis) is 1. The fourth-order valence-corrected chi connectivity index (χ4v) is 2.93. The smallest absolute Gasteiger partial charge is 0.408 e. The van der Waals surface area contributed by atoms with Gasteiger partial charge in [-0.15, -0.1) is 0 Å². The third-order valence-corrected chi connectivity index (χ3v) is 3.24. The third-order valence-electron chi connectivity index (χ3n) is 3.24. The van der Waals surface area contributed by atoms with Gasteiger partial charge < -0.3 is 15.0 Å². The van der Waals surface area contributed by atoms with Crippen LogP contribution in [0.1, 0.15) is 40.0 Å². The minimum atomic E-state index is -0.420. The zero-order valence-electron chi connectivity index (χ0n) is 10.5. The van der Waals surface area contributed by atoms with E-state index in [-0.39, 0.29) is 17.0 Å². The standard InChI is InChI=1S/C12H20N2O2/c1-10(2,3)16-9(15)14-12-5-11(6-12,7-12)8-13-4/h8H,5-7H2,1-4H3,(H,14,15). The fourth-order valence-electron chi connectivity index (χ4n) is 2.93. The molecule has 3 saturated carbocycles. The summed E-state index contributed by atoms with van der Waals surface area (Å²) in [5.41, 5.74) is -0.135. The maximum absolute atomic E-state index is 11.6. The van der Waals surface area contributed by atoms with Crippen molar-refractivity contribution >= 4 is 12.3 Å². The summed E-state index contributed by atoms with van der Waals surface area (Å²) in [6.07, 6.45) is 4.75. The van der Waals surface area contributed by atoms with E-state index in [9.17, 15) is 4.79 Å². The van der Waals surface area contributed by atoms with Crippen LogP contribution in [0.15, 0.2) is 4.99 Å². The van der Waals surface area contributed by atoms with Crippen molar-refractivity contribution in [1.29, 1.82) is 0 Å². The molecule has 1 amide bonds. The quantitative estimate of drug-likeness (QED) is 0.730. The third kappa shape index (κ3) is 1.93. The minimum absolute atomic E-state index is 0.00350. The summed E-state index contributed by atoms with van der Waals surface area (Å²) in [6.45, 7) is 5.62. The van der Waals surface area contributed by atoms with E-state index in [1.807, 2.05) is 27.0 Å². The van der Waals surface area contributed by atoms with Crippen molar-refractivity contribution in [2.75, 3.05) is 7.05 Å². The Labute approximate surface area is 96.5 Å². The van der Waals surface area contributed by atoms with E-state index in [2.05, 4.69) is 10.3 Å². The van der Waals surface area contributed by atoms with Crippen molar-refractivity contribution in [2.24, 2.45) is 10.4 Å². The number of hydrogen-bond donors (Lipinski definition) is 1. The fraction of sp³-hybridized carbons (Fsp3) is 0.833. The van der Waals surface area contributed by atoms with E-state index in [0.717, 1.165) is 19.3 Å². The number of carbonyl (C=O) groups excluding carboxylic acids is 1. The molecule has 2 bridgehead atoms. The molecule has 4 nitrogen and oxygen atoms in total. The molecule has 16 heavy (non-hydrogen) atoms. The van der Waals surface area contributed by atoms with Gasteiger partial charge in [-0.3, -0.25) is 0 Å². The van der Waals surface area contributed by atoms with Gasteiger partial charge in [0.2, 0.25) is 0 Å². The van der Waals surface area contributed by atoms with E-state index in [1.165, 1.54) is 0 Å². The first-order valence-corrected chi connectivity index (χ1v) is 5.73. The molecule has 1 N–H and O–H groups in total. The van der Waals surface area contributed by atoms with Crippen LogP contribution in [0, 0.1) is 5.41 Å². The van der Waals surface area contributed by atoms with E-state index < -0.39 is 5.60 Å². The first-order chi connectivity index (χ1) is 7.28. The van der Waals surface area contributed by atoms with Crippen molar-refractivity contribution in [3.8, 4) is 0 Å². The summed E-state index contributed by atoms with van der Waals surface area (Å²) >= 11 is 0. The highest BCUT2D eigenvalue weighted by Crippen LogP contribution is 2.66. The van der Waals surface area contributed by atoms with E-state index in [0.29, 0.717) is 0 Å². The van der Waals surface area contributed by atoms with Gasteiger partial charge in [0.1, 0.15) is 5.60 Å². The van der Waals surface area contributed by atoms with Crippen molar-refractivity contribution in [3.05, 3.63) is 0 Å². The van der Waals surface area contributed by atoms with Gasteiger partial charge in [-0.2, -0.15) is 0 Å². The Morgan fingerprint density at radius 3 is 2.38 bits per heavy atom. The second-order valence-corrected chi connectivity index (χ2v) is 6.19. The highest BCUT2D eigenvalue weighted by Gasteiger charge is 2.68. The highest BCUT2D eigenvalue weighted by molar-refractivity contribution is 5.76. The highest BCUT2D eigenvalue weighted by atomic mass is 16.6. The summed E-state index contributed by atoms with van der Waals surface area (Å²) in [5.74, 6) is 0. The number of nitrogens with one attached hydrogen (secondary N) is 1. The Morgan fingerprint density at radius 2 is 1.94 bits per heavy atom. The predicted octanol–water partition coefficient (Wildman–Crippen LogP) is 2.13. The molecule has 90 valence electrons. The molecule has 3 aliphatic carbocycles. The van der Waals surface area contributed by atoms with Crippen LogP contribution in [-0.4, -0.2) is 30.5 Å². The molecule has 3 rings (SSSR count). The second-order valence-electron chi connectivity index (χ2n) is 6.19. The Balaban J connectivity index is 1.80. The molecule has 0 radical (unpaired) electrons. The number of hydrogen-bond acceptors (Lipinski definition) is 3. The van der Waals surface area contributed by atoms with Crippen LogP contribution >= 0.6 is 0 Å². The van der Waals surface area contributed by atoms with Gasteiger partial charge >= 0.3 is 6.09 Å². The zero-order valence-corrected chi connectivity index (χ0v) is 10.5. The average molecular weight is 224 g/mol. The van der Waals surface area contributed by atoms with Gasteiger partial charge in [-0.25, -0.2) is 4.79 Å². The lowest BCUT2D eigenvalue weighted by molar-refractivity contribution is -0.0958. The van der Waals surface area contributed by atoms with Crippen LogP contribution in [0.4, 0.5) is 4.79 Å². The molecule has 0 unspecified atom stereocenters. The predicted molar refractivity (Wildman–Crippen MR) is 62.8 cm³/mol. The molecule has 0 aliphatic heterocycles. The Kier molecular flexibility index (Phi) is 2.30. The lowest BCUT2D eigenvalue weighted by Crippen LogP contribution is -2.75. The van der Waals surface area contributed by atoms with Gasteiger partial charge in [-0.05, 0) is 40.0 Å². The number of carbonyl (C=O) groups is 1. The summed E-state index contributed by atoms with van der Waals surface area (Å²) in [7, 11) is 1.80. The summed E-state index contributed by atoms with van der Waals surface area (Å²) in [5, 5.41) is 2.98. The topological polar surface area (TPSA) is 50.7 Å². The SMILES string of the molecule is CN=CC12CC(NC(=O)OC(C)(C)C)(C1)C2. The van der Waals surface area contributed by atoms with Crippen molar-refractivity contribution < 1.29 is 9.53 Å². The van der Waals surface area contributed by atoms with Gasteiger partial charge in [0.15, 0.2) is 0 Å². The second kappa shape index (κ2) is 3.22. The van der Waals surface area contributed by atoms with Gasteiger partial charge in [0.05, 0.1) is 0 Å². The number of amides is 1. The molecule has 3 fully saturated rings. The Bertz CT molecular complexity index is 322. The van der Waals surface area contributed by atoms with Gasteiger partial charge in [-0.1, -0.05) is 0 Å². The molecule has 4 heteroatoms. The molecule has 0 atom stereocenters. The van der Waals surface area contributed by atoms with Crippen LogP contribution in [0.3, 0.4) is 0 Å². The van der Waals surface area contributed by atoms with Gasteiger partial charge in [0.25, 0.3) is 0 Å². The summed E-state index contributed by atoms with van der Waals surface area (Å²) in [6, 6.07) is 0. The number of ether oxygens (including phenoxy) is 1. The molecular formula is C12H20N2O2. The zero-order chi connectivity index (χ0) is 12.0. The molecule has 0 saturated heterocycles. The van der Waals surface area contributed by atoms with Crippen LogP contribution in [0.2, 0.25) is 0 Å². The van der Waals surface area contributed by atoms with E-state index in [4.69, 9.17) is 4.74 Å². The lowest BCUT2D eigenvalue weighted by Gasteiger charge is -2.68. The van der Waals surface area contributed by atoms with Crippen LogP contribution in [0.25, 0.3) is 0 Å². The largest absolute Gasteiger partial charge is 0.444 e. The van der Waals surface area contributed by atoms with Crippen LogP contribution in [0.5, 0.6) is 0 Å². The molecule has 0 spiro atoms. The van der Waals surface area contributed by atoms with Crippen molar-refractivity contribution in [1.82, 2.24) is 5.32 Å². The molecule has 0 aromatic rings. The summed E-state index contributed by atoms with van der Waals surface area (Å²) < 4.78 is 5.24. The summed E-state index contributed by atoms with van der Waals surface area (Å²) in [4.78, 5) is 15.7. The average Bonchev–Trinajstić information content (AvgIpc) is 1.94. The molecule has 0 heterocycles. The molecule has 3 aliphatic rings. The van der Waals surface area contributed by atoms with E-state index >= 15 is 0 Å². The van der Waals surface area contributed by atoms with Crippen LogP contribution in [-0.2, 0) is 4.74 Å². The Morgan fingerprint density at radius 1 is 1.38 bits per heavy atom. The van der Waals surface area contributed by atoms with Crippen molar-refractivity contribution in [3.63, 3.8) is 0 Å². The molecular weight excluding hydrogens is 204 g/mol.